The Morgan fingerprint density at radius 3 is 2.59 bits per heavy atom. The maximum Gasteiger partial charge on any atom is 0.248 e. The van der Waals surface area contributed by atoms with Crippen molar-refractivity contribution in [2.75, 3.05) is 5.32 Å². The van der Waals surface area contributed by atoms with Gasteiger partial charge in [-0.2, -0.15) is 0 Å². The molecule has 0 atom stereocenters. The highest BCUT2D eigenvalue weighted by molar-refractivity contribution is 5.94. The van der Waals surface area contributed by atoms with Crippen LogP contribution in [0.3, 0.4) is 0 Å². The summed E-state index contributed by atoms with van der Waals surface area (Å²) in [7, 11) is 0. The minimum atomic E-state index is -0.103. The third-order valence-corrected chi connectivity index (χ3v) is 3.42. The molecule has 0 unspecified atom stereocenters. The molecule has 0 radical (unpaired) electrons. The first-order valence-electron chi connectivity index (χ1n) is 7.74. The van der Waals surface area contributed by atoms with Gasteiger partial charge in [-0.05, 0) is 29.5 Å². The fourth-order valence-corrected chi connectivity index (χ4v) is 2.57. The minimum absolute atomic E-state index is 0.0149. The van der Waals surface area contributed by atoms with Crippen LogP contribution in [0.15, 0.2) is 29.1 Å². The molecule has 0 saturated heterocycles. The molecule has 0 aliphatic heterocycles. The number of carbonyl (C=O) groups excluding carboxylic acids is 1. The van der Waals surface area contributed by atoms with E-state index in [-0.39, 0.29) is 16.9 Å². The number of amides is 1. The summed E-state index contributed by atoms with van der Waals surface area (Å²) in [6, 6.07) is 7.34. The van der Waals surface area contributed by atoms with E-state index in [1.807, 2.05) is 39.0 Å². The summed E-state index contributed by atoms with van der Waals surface area (Å²) in [5, 5.41) is 3.94. The van der Waals surface area contributed by atoms with Crippen LogP contribution in [0.4, 0.5) is 5.69 Å². The Hall–Kier alpha value is -2.10. The fraction of sp³-hybridized carbons (Fsp3) is 0.444. The molecule has 0 aliphatic rings. The molecule has 22 heavy (non-hydrogen) atoms. The Morgan fingerprint density at radius 2 is 1.95 bits per heavy atom. The Bertz CT molecular complexity index is 739. The number of fused-ring (bicyclic) bond motifs is 1. The minimum Gasteiger partial charge on any atom is -0.326 e. The zero-order valence-electron chi connectivity index (χ0n) is 13.7. The zero-order valence-corrected chi connectivity index (χ0v) is 13.7. The van der Waals surface area contributed by atoms with Crippen molar-refractivity contribution in [3.05, 3.63) is 40.2 Å². The van der Waals surface area contributed by atoms with Crippen LogP contribution < -0.4 is 10.9 Å². The Balaban J connectivity index is 2.31. The predicted octanol–water partition coefficient (Wildman–Crippen LogP) is 3.86. The number of benzene rings is 1. The molecule has 2 rings (SSSR count). The molecule has 1 heterocycles. The summed E-state index contributed by atoms with van der Waals surface area (Å²) in [4.78, 5) is 26.6. The van der Waals surface area contributed by atoms with Crippen LogP contribution in [-0.2, 0) is 11.2 Å². The van der Waals surface area contributed by atoms with Crippen molar-refractivity contribution in [1.29, 1.82) is 0 Å². The van der Waals surface area contributed by atoms with E-state index < -0.39 is 0 Å². The largest absolute Gasteiger partial charge is 0.326 e. The number of aromatic nitrogens is 1. The highest BCUT2D eigenvalue weighted by atomic mass is 16.1. The van der Waals surface area contributed by atoms with Gasteiger partial charge in [0, 0.05) is 23.6 Å². The smallest absolute Gasteiger partial charge is 0.248 e. The van der Waals surface area contributed by atoms with Crippen LogP contribution >= 0.6 is 0 Å². The molecule has 0 aliphatic carbocycles. The summed E-state index contributed by atoms with van der Waals surface area (Å²) >= 11 is 0. The lowest BCUT2D eigenvalue weighted by molar-refractivity contribution is -0.117. The molecule has 1 aromatic carbocycles. The molecular weight excluding hydrogens is 276 g/mol. The number of rotatable bonds is 4. The molecular formula is C18H24N2O2. The van der Waals surface area contributed by atoms with Gasteiger partial charge < -0.3 is 10.3 Å². The number of aromatic amines is 1. The van der Waals surface area contributed by atoms with E-state index in [0.717, 1.165) is 29.3 Å². The highest BCUT2D eigenvalue weighted by Gasteiger charge is 2.16. The number of nitrogens with one attached hydrogen (secondary N) is 2. The quantitative estimate of drug-likeness (QED) is 0.900. The summed E-state index contributed by atoms with van der Waals surface area (Å²) in [5.74, 6) is -0.0149. The molecule has 4 nitrogen and oxygen atoms in total. The number of hydrogen-bond acceptors (Lipinski definition) is 2. The van der Waals surface area contributed by atoms with E-state index in [2.05, 4.69) is 17.2 Å². The predicted molar refractivity (Wildman–Crippen MR) is 91.3 cm³/mol. The van der Waals surface area contributed by atoms with Gasteiger partial charge in [-0.15, -0.1) is 0 Å². The average Bonchev–Trinajstić information content (AvgIpc) is 2.35. The van der Waals surface area contributed by atoms with Crippen LogP contribution in [0.25, 0.3) is 10.9 Å². The van der Waals surface area contributed by atoms with Crippen molar-refractivity contribution in [1.82, 2.24) is 4.98 Å². The Morgan fingerprint density at radius 1 is 1.23 bits per heavy atom. The van der Waals surface area contributed by atoms with Crippen molar-refractivity contribution in [2.45, 2.75) is 47.0 Å². The molecule has 1 aromatic heterocycles. The van der Waals surface area contributed by atoms with Crippen LogP contribution in [0.1, 0.15) is 46.1 Å². The lowest BCUT2D eigenvalue weighted by atomic mass is 9.92. The number of hydrogen-bond donors (Lipinski definition) is 2. The van der Waals surface area contributed by atoms with Gasteiger partial charge in [0.2, 0.25) is 11.5 Å². The van der Waals surface area contributed by atoms with Gasteiger partial charge >= 0.3 is 0 Å². The van der Waals surface area contributed by atoms with E-state index in [0.29, 0.717) is 12.1 Å². The molecule has 0 bridgehead atoms. The van der Waals surface area contributed by atoms with Gasteiger partial charge in [-0.25, -0.2) is 0 Å². The first-order chi connectivity index (χ1) is 10.3. The zero-order chi connectivity index (χ0) is 16.3. The van der Waals surface area contributed by atoms with Crippen molar-refractivity contribution < 1.29 is 4.79 Å². The summed E-state index contributed by atoms with van der Waals surface area (Å²) in [6.45, 7) is 8.18. The number of H-pyrrole nitrogens is 1. The first-order valence-corrected chi connectivity index (χ1v) is 7.74. The van der Waals surface area contributed by atoms with Gasteiger partial charge in [0.05, 0.1) is 5.52 Å². The van der Waals surface area contributed by atoms with E-state index in [4.69, 9.17) is 0 Å². The van der Waals surface area contributed by atoms with E-state index in [1.165, 1.54) is 0 Å². The van der Waals surface area contributed by atoms with Crippen LogP contribution in [-0.4, -0.2) is 10.9 Å². The van der Waals surface area contributed by atoms with E-state index >= 15 is 0 Å². The SMILES string of the molecule is CCCc1cc(=O)[nH]c2cc(NC(=O)CC(C)(C)C)ccc12. The topological polar surface area (TPSA) is 62.0 Å². The number of carbonyl (C=O) groups is 1. The van der Waals surface area contributed by atoms with Gasteiger partial charge in [-0.3, -0.25) is 9.59 Å². The molecule has 2 N–H and O–H groups in total. The van der Waals surface area contributed by atoms with Crippen molar-refractivity contribution in [3.8, 4) is 0 Å². The second-order valence-electron chi connectivity index (χ2n) is 6.95. The lowest BCUT2D eigenvalue weighted by Crippen LogP contribution is -2.19. The summed E-state index contributed by atoms with van der Waals surface area (Å²) in [5.41, 5.74) is 2.38. The summed E-state index contributed by atoms with van der Waals surface area (Å²) < 4.78 is 0. The normalized spacial score (nSPS) is 11.6. The monoisotopic (exact) mass is 300 g/mol. The molecule has 4 heteroatoms. The number of aryl methyl sites for hydroxylation is 1. The molecule has 0 saturated carbocycles. The maximum atomic E-state index is 12.0. The van der Waals surface area contributed by atoms with Gasteiger partial charge in [-0.1, -0.05) is 40.2 Å². The van der Waals surface area contributed by atoms with Crippen molar-refractivity contribution in [2.24, 2.45) is 5.41 Å². The lowest BCUT2D eigenvalue weighted by Gasteiger charge is -2.17. The van der Waals surface area contributed by atoms with Crippen LogP contribution in [0.5, 0.6) is 0 Å². The molecule has 0 fully saturated rings. The Labute approximate surface area is 130 Å². The van der Waals surface area contributed by atoms with Crippen molar-refractivity contribution in [3.63, 3.8) is 0 Å². The third kappa shape index (κ3) is 4.20. The molecule has 118 valence electrons. The second-order valence-corrected chi connectivity index (χ2v) is 6.95. The van der Waals surface area contributed by atoms with E-state index in [1.54, 1.807) is 6.07 Å². The van der Waals surface area contributed by atoms with E-state index in [9.17, 15) is 9.59 Å². The molecule has 2 aromatic rings. The summed E-state index contributed by atoms with van der Waals surface area (Å²) in [6.07, 6.45) is 2.32. The molecule has 1 amide bonds. The van der Waals surface area contributed by atoms with Gasteiger partial charge in [0.15, 0.2) is 0 Å². The standard InChI is InChI=1S/C18H24N2O2/c1-5-6-12-9-16(21)20-15-10-13(7-8-14(12)15)19-17(22)11-18(2,3)4/h7-10H,5-6,11H2,1-4H3,(H,19,22)(H,20,21). The number of anilines is 1. The number of pyridine rings is 1. The van der Waals surface area contributed by atoms with Crippen molar-refractivity contribution >= 4 is 22.5 Å². The van der Waals surface area contributed by atoms with Gasteiger partial charge in [0.1, 0.15) is 0 Å². The van der Waals surface area contributed by atoms with Crippen LogP contribution in [0.2, 0.25) is 0 Å². The highest BCUT2D eigenvalue weighted by Crippen LogP contribution is 2.23. The van der Waals surface area contributed by atoms with Crippen LogP contribution in [0, 0.1) is 5.41 Å². The van der Waals surface area contributed by atoms with Gasteiger partial charge in [0.25, 0.3) is 0 Å². The Kier molecular flexibility index (Phi) is 4.69. The molecule has 0 spiro atoms. The average molecular weight is 300 g/mol. The first kappa shape index (κ1) is 16.3. The third-order valence-electron chi connectivity index (χ3n) is 3.42. The maximum absolute atomic E-state index is 12.0. The fourth-order valence-electron chi connectivity index (χ4n) is 2.57. The second kappa shape index (κ2) is 6.34.